The van der Waals surface area contributed by atoms with Gasteiger partial charge in [-0.3, -0.25) is 4.79 Å². The minimum Gasteiger partial charge on any atom is -0.493 e. The molecule has 0 radical (unpaired) electrons. The van der Waals surface area contributed by atoms with Gasteiger partial charge in [0.1, 0.15) is 0 Å². The Morgan fingerprint density at radius 2 is 1.66 bits per heavy atom. The number of benzene rings is 2. The summed E-state index contributed by atoms with van der Waals surface area (Å²) < 4.78 is 21.7. The molecule has 7 heteroatoms. The van der Waals surface area contributed by atoms with Gasteiger partial charge in [0.2, 0.25) is 0 Å². The van der Waals surface area contributed by atoms with Gasteiger partial charge in [0.15, 0.2) is 23.0 Å². The molecule has 1 atom stereocenters. The maximum Gasteiger partial charge on any atom is 0.251 e. The molecular formula is C22H28ClNO5. The zero-order valence-electron chi connectivity index (χ0n) is 17.7. The summed E-state index contributed by atoms with van der Waals surface area (Å²) in [7, 11) is 4.58. The third-order valence-corrected chi connectivity index (χ3v) is 4.58. The monoisotopic (exact) mass is 421 g/mol. The molecule has 0 saturated heterocycles. The van der Waals surface area contributed by atoms with E-state index in [1.807, 2.05) is 25.1 Å². The van der Waals surface area contributed by atoms with Gasteiger partial charge in [0, 0.05) is 5.56 Å². The van der Waals surface area contributed by atoms with Crippen LogP contribution in [0.25, 0.3) is 0 Å². The van der Waals surface area contributed by atoms with Crippen molar-refractivity contribution in [1.82, 2.24) is 5.32 Å². The van der Waals surface area contributed by atoms with Gasteiger partial charge in [-0.25, -0.2) is 0 Å². The molecule has 0 aliphatic carbocycles. The van der Waals surface area contributed by atoms with Gasteiger partial charge < -0.3 is 24.3 Å². The molecule has 2 aromatic carbocycles. The maximum atomic E-state index is 12.7. The fourth-order valence-electron chi connectivity index (χ4n) is 2.74. The van der Waals surface area contributed by atoms with Crippen LogP contribution >= 0.6 is 11.6 Å². The SMILES string of the molecule is COc1cc(C(C)NC(=O)c2cc(Cl)c(OC)c(OC)c2)ccc1OCC(C)C. The second kappa shape index (κ2) is 10.3. The minimum atomic E-state index is -0.278. The van der Waals surface area contributed by atoms with Crippen molar-refractivity contribution in [3.63, 3.8) is 0 Å². The number of hydrogen-bond acceptors (Lipinski definition) is 5. The molecule has 0 aliphatic heterocycles. The Balaban J connectivity index is 2.18. The van der Waals surface area contributed by atoms with Crippen molar-refractivity contribution in [2.24, 2.45) is 5.92 Å². The molecule has 2 rings (SSSR count). The normalized spacial score (nSPS) is 11.7. The van der Waals surface area contributed by atoms with Gasteiger partial charge >= 0.3 is 0 Å². The molecule has 0 saturated carbocycles. The molecule has 0 fully saturated rings. The average Bonchev–Trinajstić information content (AvgIpc) is 2.71. The lowest BCUT2D eigenvalue weighted by atomic mass is 10.1. The highest BCUT2D eigenvalue weighted by Crippen LogP contribution is 2.36. The molecule has 0 aromatic heterocycles. The lowest BCUT2D eigenvalue weighted by Gasteiger charge is -2.18. The maximum absolute atomic E-state index is 12.7. The summed E-state index contributed by atoms with van der Waals surface area (Å²) in [6.07, 6.45) is 0. The standard InChI is InChI=1S/C22H28ClNO5/c1-13(2)12-29-18-8-7-15(10-19(18)26-4)14(3)24-22(25)16-9-17(23)21(28-6)20(11-16)27-5/h7-11,13-14H,12H2,1-6H3,(H,24,25). The molecule has 1 N–H and O–H groups in total. The predicted molar refractivity (Wildman–Crippen MR) is 114 cm³/mol. The van der Waals surface area contributed by atoms with Crippen LogP contribution in [-0.2, 0) is 0 Å². The molecular weight excluding hydrogens is 394 g/mol. The van der Waals surface area contributed by atoms with E-state index in [-0.39, 0.29) is 11.9 Å². The van der Waals surface area contributed by atoms with Crippen LogP contribution in [0.5, 0.6) is 23.0 Å². The number of halogens is 1. The number of amides is 1. The van der Waals surface area contributed by atoms with Gasteiger partial charge in [0.25, 0.3) is 5.91 Å². The van der Waals surface area contributed by atoms with Gasteiger partial charge in [0.05, 0.1) is 39.0 Å². The van der Waals surface area contributed by atoms with E-state index in [0.29, 0.717) is 46.1 Å². The summed E-state index contributed by atoms with van der Waals surface area (Å²) in [6, 6.07) is 8.51. The molecule has 1 unspecified atom stereocenters. The van der Waals surface area contributed by atoms with Gasteiger partial charge in [-0.1, -0.05) is 31.5 Å². The van der Waals surface area contributed by atoms with E-state index >= 15 is 0 Å². The molecule has 0 heterocycles. The summed E-state index contributed by atoms with van der Waals surface area (Å²) >= 11 is 6.20. The van der Waals surface area contributed by atoms with E-state index in [9.17, 15) is 4.79 Å². The third kappa shape index (κ3) is 5.70. The number of nitrogens with one attached hydrogen (secondary N) is 1. The zero-order valence-corrected chi connectivity index (χ0v) is 18.4. The second-order valence-corrected chi connectivity index (χ2v) is 7.41. The number of rotatable bonds is 9. The topological polar surface area (TPSA) is 66.0 Å². The first-order chi connectivity index (χ1) is 13.8. The number of hydrogen-bond donors (Lipinski definition) is 1. The first kappa shape index (κ1) is 22.7. The van der Waals surface area contributed by atoms with Crippen LogP contribution in [0, 0.1) is 5.92 Å². The Bertz CT molecular complexity index is 853. The van der Waals surface area contributed by atoms with Crippen molar-refractivity contribution in [3.8, 4) is 23.0 Å². The molecule has 1 amide bonds. The predicted octanol–water partition coefficient (Wildman–Crippen LogP) is 4.89. The quantitative estimate of drug-likeness (QED) is 0.624. The van der Waals surface area contributed by atoms with E-state index < -0.39 is 0 Å². The Labute approximate surface area is 177 Å². The van der Waals surface area contributed by atoms with Crippen molar-refractivity contribution in [2.75, 3.05) is 27.9 Å². The summed E-state index contributed by atoms with van der Waals surface area (Å²) in [4.78, 5) is 12.7. The Morgan fingerprint density at radius 3 is 2.24 bits per heavy atom. The van der Waals surface area contributed by atoms with Crippen LogP contribution in [0.1, 0.15) is 42.7 Å². The smallest absolute Gasteiger partial charge is 0.251 e. The zero-order chi connectivity index (χ0) is 21.6. The van der Waals surface area contributed by atoms with Crippen molar-refractivity contribution in [3.05, 3.63) is 46.5 Å². The number of carbonyl (C=O) groups is 1. The van der Waals surface area contributed by atoms with Crippen LogP contribution in [0.4, 0.5) is 0 Å². The van der Waals surface area contributed by atoms with Crippen LogP contribution in [0.3, 0.4) is 0 Å². The van der Waals surface area contributed by atoms with Crippen molar-refractivity contribution >= 4 is 17.5 Å². The van der Waals surface area contributed by atoms with Gasteiger partial charge in [-0.15, -0.1) is 0 Å². The molecule has 29 heavy (non-hydrogen) atoms. The third-order valence-electron chi connectivity index (χ3n) is 4.30. The number of methoxy groups -OCH3 is 3. The molecule has 0 spiro atoms. The highest BCUT2D eigenvalue weighted by Gasteiger charge is 2.18. The Hall–Kier alpha value is -2.60. The average molecular weight is 422 g/mol. The van der Waals surface area contributed by atoms with E-state index in [4.69, 9.17) is 30.5 Å². The van der Waals surface area contributed by atoms with Gasteiger partial charge in [-0.05, 0) is 42.7 Å². The largest absolute Gasteiger partial charge is 0.493 e. The first-order valence-corrected chi connectivity index (χ1v) is 9.71. The second-order valence-electron chi connectivity index (χ2n) is 7.00. The highest BCUT2D eigenvalue weighted by atomic mass is 35.5. The van der Waals surface area contributed by atoms with Gasteiger partial charge in [-0.2, -0.15) is 0 Å². The Morgan fingerprint density at radius 1 is 0.966 bits per heavy atom. The Kier molecular flexibility index (Phi) is 8.02. The van der Waals surface area contributed by atoms with Crippen molar-refractivity contribution < 1.29 is 23.7 Å². The highest BCUT2D eigenvalue weighted by molar-refractivity contribution is 6.32. The molecule has 0 bridgehead atoms. The fourth-order valence-corrected chi connectivity index (χ4v) is 3.03. The summed E-state index contributed by atoms with van der Waals surface area (Å²) in [5.74, 6) is 2.21. The molecule has 158 valence electrons. The van der Waals surface area contributed by atoms with Crippen LogP contribution in [0.15, 0.2) is 30.3 Å². The fraction of sp³-hybridized carbons (Fsp3) is 0.409. The summed E-state index contributed by atoms with van der Waals surface area (Å²) in [5.41, 5.74) is 1.27. The van der Waals surface area contributed by atoms with Crippen molar-refractivity contribution in [1.29, 1.82) is 0 Å². The first-order valence-electron chi connectivity index (χ1n) is 9.33. The van der Waals surface area contributed by atoms with E-state index in [2.05, 4.69) is 19.2 Å². The molecule has 0 aliphatic rings. The van der Waals surface area contributed by atoms with E-state index in [0.717, 1.165) is 5.56 Å². The lowest BCUT2D eigenvalue weighted by molar-refractivity contribution is 0.0939. The molecule has 2 aromatic rings. The van der Waals surface area contributed by atoms with Crippen LogP contribution in [0.2, 0.25) is 5.02 Å². The van der Waals surface area contributed by atoms with Crippen molar-refractivity contribution in [2.45, 2.75) is 26.8 Å². The van der Waals surface area contributed by atoms with Crippen LogP contribution < -0.4 is 24.3 Å². The van der Waals surface area contributed by atoms with E-state index in [1.54, 1.807) is 19.2 Å². The van der Waals surface area contributed by atoms with E-state index in [1.165, 1.54) is 14.2 Å². The number of carbonyl (C=O) groups excluding carboxylic acids is 1. The summed E-state index contributed by atoms with van der Waals surface area (Å²) in [5, 5.41) is 3.26. The van der Waals surface area contributed by atoms with Crippen LogP contribution in [-0.4, -0.2) is 33.8 Å². The lowest BCUT2D eigenvalue weighted by Crippen LogP contribution is -2.26. The molecule has 6 nitrogen and oxygen atoms in total. The minimum absolute atomic E-state index is 0.262. The number of ether oxygens (including phenoxy) is 4. The summed E-state index contributed by atoms with van der Waals surface area (Å²) in [6.45, 7) is 6.66.